The second-order valence-corrected chi connectivity index (χ2v) is 4.39. The van der Waals surface area contributed by atoms with E-state index >= 15 is 0 Å². The van der Waals surface area contributed by atoms with Crippen LogP contribution in [0.4, 0.5) is 0 Å². The van der Waals surface area contributed by atoms with E-state index in [0.717, 1.165) is 12.8 Å². The predicted molar refractivity (Wildman–Crippen MR) is 74.0 cm³/mol. The summed E-state index contributed by atoms with van der Waals surface area (Å²) in [5, 5.41) is 4.59. The Morgan fingerprint density at radius 1 is 1.12 bits per heavy atom. The number of rotatable bonds is 6. The SMILES string of the molecule is CCC(/C=C(/CC)[N-]C(C)C)=[NH+]C(C)C.[Sr+2]. The van der Waals surface area contributed by atoms with Crippen LogP contribution in [0.25, 0.3) is 5.32 Å². The Kier molecular flexibility index (Phi) is 12.9. The van der Waals surface area contributed by atoms with Gasteiger partial charge < -0.3 is 5.32 Å². The van der Waals surface area contributed by atoms with Crippen molar-refractivity contribution in [1.82, 2.24) is 0 Å². The Hall–Kier alpha value is 0.691. The largest absolute Gasteiger partial charge is 2.00 e. The molecular weight excluding hydrogens is 272 g/mol. The molecular formula is C13H26N2Sr+2. The average molecular weight is 298 g/mol. The summed E-state index contributed by atoms with van der Waals surface area (Å²) in [6.07, 6.45) is 4.23. The molecule has 88 valence electrons. The Morgan fingerprint density at radius 3 is 2.00 bits per heavy atom. The van der Waals surface area contributed by atoms with Gasteiger partial charge in [0.05, 0.1) is 0 Å². The zero-order valence-electron chi connectivity index (χ0n) is 11.8. The molecule has 0 unspecified atom stereocenters. The van der Waals surface area contributed by atoms with Crippen LogP contribution in [0.2, 0.25) is 0 Å². The van der Waals surface area contributed by atoms with Gasteiger partial charge in [-0.05, 0) is 19.9 Å². The van der Waals surface area contributed by atoms with Gasteiger partial charge in [0.15, 0.2) is 5.71 Å². The van der Waals surface area contributed by atoms with Crippen molar-refractivity contribution in [3.8, 4) is 0 Å². The van der Waals surface area contributed by atoms with Gasteiger partial charge in [-0.1, -0.05) is 34.1 Å². The van der Waals surface area contributed by atoms with Crippen molar-refractivity contribution in [3.63, 3.8) is 0 Å². The van der Waals surface area contributed by atoms with Crippen LogP contribution < -0.4 is 4.99 Å². The third-order valence-electron chi connectivity index (χ3n) is 1.98. The van der Waals surface area contributed by atoms with Crippen molar-refractivity contribution in [2.24, 2.45) is 0 Å². The summed E-state index contributed by atoms with van der Waals surface area (Å²) >= 11 is 0. The first-order chi connectivity index (χ1) is 6.99. The summed E-state index contributed by atoms with van der Waals surface area (Å²) in [4.78, 5) is 3.45. The van der Waals surface area contributed by atoms with Gasteiger partial charge in [0.25, 0.3) is 0 Å². The molecule has 0 aromatic carbocycles. The maximum Gasteiger partial charge on any atom is 2.00 e. The summed E-state index contributed by atoms with van der Waals surface area (Å²) in [7, 11) is 0. The molecule has 0 spiro atoms. The van der Waals surface area contributed by atoms with E-state index in [1.54, 1.807) is 0 Å². The molecule has 0 atom stereocenters. The zero-order chi connectivity index (χ0) is 11.8. The molecule has 0 aromatic rings. The standard InChI is InChI=1S/C13H25N2.Sr/c1-7-12(14-10(3)4)9-13(8-2)15-11(5)6;/h9-11H,7-8H2,1-6H3;/q-1;+2/p+1/b12-9-,15-13?;. The maximum atomic E-state index is 4.59. The van der Waals surface area contributed by atoms with Crippen LogP contribution in [-0.4, -0.2) is 63.3 Å². The van der Waals surface area contributed by atoms with Crippen LogP contribution in [0.15, 0.2) is 11.8 Å². The van der Waals surface area contributed by atoms with Crippen LogP contribution >= 0.6 is 0 Å². The first-order valence-corrected chi connectivity index (χ1v) is 6.03. The minimum absolute atomic E-state index is 0. The Morgan fingerprint density at radius 2 is 1.69 bits per heavy atom. The average Bonchev–Trinajstić information content (AvgIpc) is 2.14. The summed E-state index contributed by atoms with van der Waals surface area (Å²) in [5.74, 6) is 0. The second kappa shape index (κ2) is 10.8. The third-order valence-corrected chi connectivity index (χ3v) is 1.98. The van der Waals surface area contributed by atoms with E-state index < -0.39 is 0 Å². The Balaban J connectivity index is 0. The van der Waals surface area contributed by atoms with E-state index in [1.165, 1.54) is 11.4 Å². The molecule has 2 nitrogen and oxygen atoms in total. The molecule has 0 radical (unpaired) electrons. The van der Waals surface area contributed by atoms with Crippen LogP contribution in [0.5, 0.6) is 0 Å². The van der Waals surface area contributed by atoms with E-state index in [1.807, 2.05) is 0 Å². The minimum Gasteiger partial charge on any atom is -0.685 e. The molecule has 16 heavy (non-hydrogen) atoms. The van der Waals surface area contributed by atoms with Crippen molar-refractivity contribution < 1.29 is 4.99 Å². The molecule has 0 aliphatic heterocycles. The fourth-order valence-electron chi connectivity index (χ4n) is 1.38. The second-order valence-electron chi connectivity index (χ2n) is 4.39. The Bertz CT molecular complexity index is 230. The summed E-state index contributed by atoms with van der Waals surface area (Å²) in [6.45, 7) is 12.9. The van der Waals surface area contributed by atoms with E-state index in [2.05, 4.69) is 57.9 Å². The van der Waals surface area contributed by atoms with Crippen molar-refractivity contribution in [3.05, 3.63) is 17.1 Å². The van der Waals surface area contributed by atoms with Crippen molar-refractivity contribution in [2.75, 3.05) is 0 Å². The number of nitrogens with zero attached hydrogens (tertiary/aromatic N) is 1. The molecule has 0 aliphatic rings. The quantitative estimate of drug-likeness (QED) is 0.574. The molecule has 0 saturated carbocycles. The van der Waals surface area contributed by atoms with E-state index in [9.17, 15) is 0 Å². The van der Waals surface area contributed by atoms with Gasteiger partial charge in [-0.2, -0.15) is 5.70 Å². The van der Waals surface area contributed by atoms with E-state index in [4.69, 9.17) is 0 Å². The smallest absolute Gasteiger partial charge is 0.685 e. The molecule has 0 aromatic heterocycles. The molecule has 0 rings (SSSR count). The normalized spacial score (nSPS) is 13.0. The van der Waals surface area contributed by atoms with E-state index in [0.29, 0.717) is 12.1 Å². The topological polar surface area (TPSA) is 28.1 Å². The zero-order valence-corrected chi connectivity index (χ0v) is 15.3. The molecule has 3 heteroatoms. The van der Waals surface area contributed by atoms with Crippen molar-refractivity contribution in [1.29, 1.82) is 0 Å². The van der Waals surface area contributed by atoms with Gasteiger partial charge in [-0.25, -0.2) is 4.99 Å². The van der Waals surface area contributed by atoms with E-state index in [-0.39, 0.29) is 45.5 Å². The number of nitrogens with one attached hydrogen (secondary N) is 1. The fourth-order valence-corrected chi connectivity index (χ4v) is 1.38. The van der Waals surface area contributed by atoms with Crippen LogP contribution in [0.3, 0.4) is 0 Å². The first-order valence-electron chi connectivity index (χ1n) is 6.03. The first kappa shape index (κ1) is 19.0. The van der Waals surface area contributed by atoms with Gasteiger partial charge in [0.2, 0.25) is 0 Å². The molecule has 0 aliphatic carbocycles. The summed E-state index contributed by atoms with van der Waals surface area (Å²) in [6, 6.07) is 0.877. The number of hydrogen-bond donors (Lipinski definition) is 1. The van der Waals surface area contributed by atoms with Gasteiger partial charge in [0.1, 0.15) is 6.04 Å². The molecule has 0 saturated heterocycles. The fraction of sp³-hybridized carbons (Fsp3) is 0.769. The Labute approximate surface area is 138 Å². The van der Waals surface area contributed by atoms with Gasteiger partial charge in [-0.15, -0.1) is 6.04 Å². The molecule has 0 amide bonds. The minimum atomic E-state index is 0. The molecule has 0 bridgehead atoms. The third kappa shape index (κ3) is 9.88. The van der Waals surface area contributed by atoms with Crippen LogP contribution in [-0.2, 0) is 0 Å². The molecule has 1 N–H and O–H groups in total. The predicted octanol–water partition coefficient (Wildman–Crippen LogP) is 2.02. The van der Waals surface area contributed by atoms with Gasteiger partial charge >= 0.3 is 45.5 Å². The summed E-state index contributed by atoms with van der Waals surface area (Å²) < 4.78 is 0. The van der Waals surface area contributed by atoms with Crippen LogP contribution in [0, 0.1) is 0 Å². The van der Waals surface area contributed by atoms with Crippen molar-refractivity contribution >= 4 is 51.2 Å². The summed E-state index contributed by atoms with van der Waals surface area (Å²) in [5.41, 5.74) is 2.47. The maximum absolute atomic E-state index is 4.59. The molecule has 0 fully saturated rings. The number of hydrogen-bond acceptors (Lipinski definition) is 0. The number of allylic oxidation sites excluding steroid dienone is 2. The van der Waals surface area contributed by atoms with Crippen molar-refractivity contribution in [2.45, 2.75) is 66.5 Å². The van der Waals surface area contributed by atoms with Gasteiger partial charge in [0, 0.05) is 6.42 Å². The monoisotopic (exact) mass is 298 g/mol. The molecule has 0 heterocycles. The van der Waals surface area contributed by atoms with Crippen LogP contribution in [0.1, 0.15) is 54.4 Å². The van der Waals surface area contributed by atoms with Gasteiger partial charge in [-0.3, -0.25) is 0 Å².